The van der Waals surface area contributed by atoms with Gasteiger partial charge in [-0.05, 0) is 123 Å². The first kappa shape index (κ1) is 37.9. The Morgan fingerprint density at radius 2 is 0.980 bits per heavy atom. The Bertz CT molecular complexity index is 1220. The molecule has 0 radical (unpaired) electrons. The third kappa shape index (κ3) is 12.2. The van der Waals surface area contributed by atoms with Crippen molar-refractivity contribution in [2.24, 2.45) is 11.8 Å². The van der Waals surface area contributed by atoms with Crippen LogP contribution in [-0.4, -0.2) is 50.9 Å². The van der Waals surface area contributed by atoms with Crippen LogP contribution in [0.1, 0.15) is 111 Å². The van der Waals surface area contributed by atoms with Crippen molar-refractivity contribution in [2.45, 2.75) is 115 Å². The van der Waals surface area contributed by atoms with Crippen LogP contribution in [0, 0.1) is 11.8 Å². The van der Waals surface area contributed by atoms with Crippen LogP contribution in [0.3, 0.4) is 0 Å². The summed E-state index contributed by atoms with van der Waals surface area (Å²) in [6.45, 7) is 9.66. The first-order valence-corrected chi connectivity index (χ1v) is 18.7. The van der Waals surface area contributed by atoms with E-state index in [4.69, 9.17) is 28.4 Å². The number of ether oxygens (including phenoxy) is 6. The van der Waals surface area contributed by atoms with E-state index in [0.717, 1.165) is 36.8 Å². The van der Waals surface area contributed by atoms with Crippen LogP contribution in [0.5, 0.6) is 0 Å². The smallest absolute Gasteiger partial charge is 0.330 e. The number of carbonyl (C=O) groups excluding carboxylic acids is 2. The molecule has 3 fully saturated rings. The van der Waals surface area contributed by atoms with Crippen LogP contribution in [0.2, 0.25) is 0 Å². The van der Waals surface area contributed by atoms with Crippen LogP contribution in [0.15, 0.2) is 73.8 Å². The third-order valence-electron chi connectivity index (χ3n) is 10.6. The van der Waals surface area contributed by atoms with E-state index in [9.17, 15) is 9.59 Å². The van der Waals surface area contributed by atoms with Gasteiger partial charge in [0.05, 0.1) is 39.6 Å². The molecule has 0 bridgehead atoms. The van der Waals surface area contributed by atoms with Crippen molar-refractivity contribution >= 4 is 11.9 Å². The fourth-order valence-electron chi connectivity index (χ4n) is 7.64. The molecule has 3 aliphatic rings. The van der Waals surface area contributed by atoms with Crippen molar-refractivity contribution in [3.05, 3.63) is 96.1 Å². The van der Waals surface area contributed by atoms with E-state index >= 15 is 0 Å². The molecule has 0 aromatic heterocycles. The minimum atomic E-state index is -0.581. The van der Waals surface area contributed by atoms with Crippen LogP contribution in [0.4, 0.5) is 0 Å². The summed E-state index contributed by atoms with van der Waals surface area (Å²) in [5, 5.41) is 0. The quantitative estimate of drug-likeness (QED) is 0.0874. The topological polar surface area (TPSA) is 89.5 Å². The maximum Gasteiger partial charge on any atom is 0.330 e. The molecule has 1 aliphatic heterocycles. The molecule has 5 rings (SSSR count). The molecule has 2 atom stereocenters. The van der Waals surface area contributed by atoms with Gasteiger partial charge in [0.15, 0.2) is 0 Å². The van der Waals surface area contributed by atoms with Gasteiger partial charge in [0, 0.05) is 12.2 Å². The van der Waals surface area contributed by atoms with Gasteiger partial charge in [-0.15, -0.1) is 0 Å². The summed E-state index contributed by atoms with van der Waals surface area (Å²) >= 11 is 0. The molecule has 0 amide bonds. The lowest BCUT2D eigenvalue weighted by Gasteiger charge is -2.31. The standard InChI is InChI=1S/C42H56O8/c1-3-39(43)45-25-5-7-31-9-17-35(18-10-31)37-21-13-33(14-22-37)29-49-41-42(48-28-27-47-41)50-30-34-15-23-38(24-16-34)36-19-11-32(12-20-36)8-6-26-46-40(44)4-2/h3-4,13-16,21-24,31-32,35-36,41-42H,1-2,5-12,17-20,25-30H2/t31?,32?,35?,36?,41-,42-/m0/s1. The summed E-state index contributed by atoms with van der Waals surface area (Å²) in [7, 11) is 0. The second-order valence-electron chi connectivity index (χ2n) is 14.0. The molecule has 8 nitrogen and oxygen atoms in total. The number of carbonyl (C=O) groups is 2. The molecule has 50 heavy (non-hydrogen) atoms. The first-order chi connectivity index (χ1) is 24.5. The van der Waals surface area contributed by atoms with Gasteiger partial charge >= 0.3 is 11.9 Å². The lowest BCUT2D eigenvalue weighted by atomic mass is 9.77. The summed E-state index contributed by atoms with van der Waals surface area (Å²) in [4.78, 5) is 22.4. The van der Waals surface area contributed by atoms with Gasteiger partial charge in [0.2, 0.25) is 12.6 Å². The minimum Gasteiger partial charge on any atom is -0.463 e. The van der Waals surface area contributed by atoms with E-state index < -0.39 is 12.6 Å². The highest BCUT2D eigenvalue weighted by atomic mass is 16.8. The third-order valence-corrected chi connectivity index (χ3v) is 10.6. The lowest BCUT2D eigenvalue weighted by molar-refractivity contribution is -0.326. The molecular formula is C42H56O8. The molecule has 2 aromatic carbocycles. The summed E-state index contributed by atoms with van der Waals surface area (Å²) in [5.74, 6) is 1.94. The maximum atomic E-state index is 11.2. The first-order valence-electron chi connectivity index (χ1n) is 18.7. The number of benzene rings is 2. The van der Waals surface area contributed by atoms with Crippen molar-refractivity contribution in [1.29, 1.82) is 0 Å². The molecule has 1 heterocycles. The fraction of sp³-hybridized carbons (Fsp3) is 0.571. The van der Waals surface area contributed by atoms with Crippen molar-refractivity contribution in [3.63, 3.8) is 0 Å². The van der Waals surface area contributed by atoms with Crippen molar-refractivity contribution in [1.82, 2.24) is 0 Å². The Balaban J connectivity index is 0.984. The van der Waals surface area contributed by atoms with Crippen molar-refractivity contribution < 1.29 is 38.0 Å². The molecule has 1 saturated heterocycles. The van der Waals surface area contributed by atoms with E-state index in [-0.39, 0.29) is 11.9 Å². The molecule has 272 valence electrons. The predicted octanol–water partition coefficient (Wildman–Crippen LogP) is 8.69. The molecular weight excluding hydrogens is 632 g/mol. The predicted molar refractivity (Wildman–Crippen MR) is 192 cm³/mol. The van der Waals surface area contributed by atoms with E-state index in [1.807, 2.05) is 0 Å². The van der Waals surface area contributed by atoms with Crippen LogP contribution >= 0.6 is 0 Å². The maximum absolute atomic E-state index is 11.2. The minimum absolute atomic E-state index is 0.335. The fourth-order valence-corrected chi connectivity index (χ4v) is 7.64. The lowest BCUT2D eigenvalue weighted by Crippen LogP contribution is -2.41. The average molecular weight is 689 g/mol. The van der Waals surface area contributed by atoms with E-state index in [0.29, 0.717) is 63.3 Å². The second kappa shape index (κ2) is 20.5. The van der Waals surface area contributed by atoms with Crippen molar-refractivity contribution in [2.75, 3.05) is 26.4 Å². The second-order valence-corrected chi connectivity index (χ2v) is 14.0. The van der Waals surface area contributed by atoms with Gasteiger partial charge < -0.3 is 28.4 Å². The Hall–Kier alpha value is -3.30. The molecule has 2 saturated carbocycles. The number of esters is 2. The average Bonchev–Trinajstić information content (AvgIpc) is 3.17. The number of hydrogen-bond acceptors (Lipinski definition) is 8. The summed E-state index contributed by atoms with van der Waals surface area (Å²) in [6, 6.07) is 17.6. The van der Waals surface area contributed by atoms with Gasteiger partial charge in [-0.1, -0.05) is 61.7 Å². The molecule has 0 unspecified atom stereocenters. The number of hydrogen-bond donors (Lipinski definition) is 0. The summed E-state index contributed by atoms with van der Waals surface area (Å²) in [6.07, 6.45) is 15.0. The Morgan fingerprint density at radius 3 is 1.34 bits per heavy atom. The van der Waals surface area contributed by atoms with Crippen LogP contribution in [0.25, 0.3) is 0 Å². The molecule has 0 spiro atoms. The van der Waals surface area contributed by atoms with Crippen LogP contribution < -0.4 is 0 Å². The highest BCUT2D eigenvalue weighted by molar-refractivity contribution is 5.81. The van der Waals surface area contributed by atoms with E-state index in [1.165, 1.54) is 74.6 Å². The highest BCUT2D eigenvalue weighted by Crippen LogP contribution is 2.39. The molecule has 2 aromatic rings. The van der Waals surface area contributed by atoms with Gasteiger partial charge in [-0.25, -0.2) is 9.59 Å². The Morgan fingerprint density at radius 1 is 0.600 bits per heavy atom. The van der Waals surface area contributed by atoms with Gasteiger partial charge in [0.25, 0.3) is 0 Å². The van der Waals surface area contributed by atoms with E-state index in [2.05, 4.69) is 61.7 Å². The molecule has 0 N–H and O–H groups in total. The summed E-state index contributed by atoms with van der Waals surface area (Å²) in [5.41, 5.74) is 4.99. The SMILES string of the molecule is C=CC(=O)OCCCC1CCC(c2ccc(CO[C@@H]3OCCO[C@H]3OCc3ccc(C4CCC(CCCOC(=O)C=C)CC4)cc3)cc2)CC1. The Labute approximate surface area is 298 Å². The van der Waals surface area contributed by atoms with Gasteiger partial charge in [-0.3, -0.25) is 0 Å². The van der Waals surface area contributed by atoms with Crippen molar-refractivity contribution in [3.8, 4) is 0 Å². The Kier molecular flexibility index (Phi) is 15.6. The highest BCUT2D eigenvalue weighted by Gasteiger charge is 2.29. The molecule has 2 aliphatic carbocycles. The monoisotopic (exact) mass is 688 g/mol. The van der Waals surface area contributed by atoms with E-state index in [1.54, 1.807) is 0 Å². The van der Waals surface area contributed by atoms with Gasteiger partial charge in [-0.2, -0.15) is 0 Å². The van der Waals surface area contributed by atoms with Gasteiger partial charge in [0.1, 0.15) is 0 Å². The number of rotatable bonds is 18. The zero-order valence-electron chi connectivity index (χ0n) is 29.6. The zero-order chi connectivity index (χ0) is 35.0. The molecule has 8 heteroatoms. The normalized spacial score (nSPS) is 25.4. The largest absolute Gasteiger partial charge is 0.463 e. The summed E-state index contributed by atoms with van der Waals surface area (Å²) < 4.78 is 34.4. The van der Waals surface area contributed by atoms with Crippen LogP contribution in [-0.2, 0) is 51.2 Å². The zero-order valence-corrected chi connectivity index (χ0v) is 29.6.